The molecule has 98 valence electrons. The lowest BCUT2D eigenvalue weighted by Gasteiger charge is -2.02. The van der Waals surface area contributed by atoms with Crippen molar-refractivity contribution >= 4 is 34.8 Å². The minimum atomic E-state index is -0.750. The zero-order chi connectivity index (χ0) is 13.1. The van der Waals surface area contributed by atoms with Crippen molar-refractivity contribution in [2.75, 3.05) is 0 Å². The molecule has 0 aliphatic carbocycles. The van der Waals surface area contributed by atoms with Crippen molar-refractivity contribution < 1.29 is 0 Å². The molecule has 5 heteroatoms. The van der Waals surface area contributed by atoms with E-state index in [1.54, 1.807) is 0 Å². The number of nitrogens with two attached hydrogens (primary N) is 1. The lowest BCUT2D eigenvalue weighted by atomic mass is 10.1. The second-order valence-electron chi connectivity index (χ2n) is 3.55. The topological polar surface area (TPSA) is 38.0 Å². The molecule has 17 heavy (non-hydrogen) atoms. The highest BCUT2D eigenvalue weighted by molar-refractivity contribution is 6.63. The third kappa shape index (κ3) is 10.9. The maximum absolute atomic E-state index is 5.23. The molecule has 0 atom stereocenters. The van der Waals surface area contributed by atoms with E-state index < -0.39 is 4.30 Å². The van der Waals surface area contributed by atoms with Crippen molar-refractivity contribution in [1.82, 2.24) is 5.43 Å². The van der Waals surface area contributed by atoms with Gasteiger partial charge < -0.3 is 0 Å². The van der Waals surface area contributed by atoms with E-state index in [2.05, 4.69) is 36.6 Å². The van der Waals surface area contributed by atoms with E-state index in [-0.39, 0.29) is 0 Å². The molecule has 0 fully saturated rings. The van der Waals surface area contributed by atoms with Gasteiger partial charge in [-0.05, 0) is 24.0 Å². The van der Waals surface area contributed by atoms with E-state index in [1.165, 1.54) is 30.4 Å². The predicted molar refractivity (Wildman–Crippen MR) is 77.4 cm³/mol. The zero-order valence-electron chi connectivity index (χ0n) is 9.93. The van der Waals surface area contributed by atoms with Gasteiger partial charge in [0.25, 0.3) is 0 Å². The maximum atomic E-state index is 5.23. The Balaban J connectivity index is 0.000000557. The van der Waals surface area contributed by atoms with Crippen molar-refractivity contribution in [3.63, 3.8) is 0 Å². The molecule has 2 nitrogen and oxygen atoms in total. The Bertz CT molecular complexity index is 273. The van der Waals surface area contributed by atoms with E-state index in [4.69, 9.17) is 40.6 Å². The summed E-state index contributed by atoms with van der Waals surface area (Å²) in [4.78, 5) is 0. The summed E-state index contributed by atoms with van der Waals surface area (Å²) >= 11 is 14.4. The highest BCUT2D eigenvalue weighted by atomic mass is 35.6. The van der Waals surface area contributed by atoms with Crippen LogP contribution in [0, 0.1) is 0 Å². The predicted octanol–water partition coefficient (Wildman–Crippen LogP) is 3.98. The summed E-state index contributed by atoms with van der Waals surface area (Å²) in [6.45, 7) is 2.96. The van der Waals surface area contributed by atoms with Gasteiger partial charge in [-0.3, -0.25) is 11.3 Å². The number of hydrazine groups is 1. The van der Waals surface area contributed by atoms with Crippen LogP contribution in [-0.4, -0.2) is 4.30 Å². The number of hydrogen-bond donors (Lipinski definition) is 2. The van der Waals surface area contributed by atoms with Crippen LogP contribution in [0.2, 0.25) is 0 Å². The van der Waals surface area contributed by atoms with Crippen LogP contribution in [0.5, 0.6) is 0 Å². The van der Waals surface area contributed by atoms with Crippen molar-refractivity contribution in [2.24, 2.45) is 5.84 Å². The van der Waals surface area contributed by atoms with Gasteiger partial charge in [0.15, 0.2) is 4.30 Å². The minimum absolute atomic E-state index is 0.744. The van der Waals surface area contributed by atoms with E-state index in [1.807, 2.05) is 0 Å². The van der Waals surface area contributed by atoms with Crippen molar-refractivity contribution in [1.29, 1.82) is 0 Å². The molecule has 1 aromatic carbocycles. The molecule has 0 saturated carbocycles. The fraction of sp³-hybridized carbons (Fsp3) is 0.500. The molecule has 0 amide bonds. The van der Waals surface area contributed by atoms with E-state index >= 15 is 0 Å². The molecule has 1 rings (SSSR count). The first-order valence-corrected chi connectivity index (χ1v) is 6.84. The van der Waals surface area contributed by atoms with Gasteiger partial charge in [-0.1, -0.05) is 72.4 Å². The SMILES string of the molecule is CCCCc1ccc(CNN)cc1.ClC(Cl)Cl. The first kappa shape index (κ1) is 17.0. The van der Waals surface area contributed by atoms with E-state index in [0.29, 0.717) is 0 Å². The van der Waals surface area contributed by atoms with Gasteiger partial charge >= 0.3 is 0 Å². The number of benzene rings is 1. The van der Waals surface area contributed by atoms with Crippen molar-refractivity contribution in [2.45, 2.75) is 37.0 Å². The lowest BCUT2D eigenvalue weighted by molar-refractivity contribution is 0.740. The molecule has 0 radical (unpaired) electrons. The van der Waals surface area contributed by atoms with Crippen molar-refractivity contribution in [3.8, 4) is 0 Å². The lowest BCUT2D eigenvalue weighted by Crippen LogP contribution is -2.20. The van der Waals surface area contributed by atoms with Crippen LogP contribution in [0.15, 0.2) is 24.3 Å². The molecule has 0 unspecified atom stereocenters. The van der Waals surface area contributed by atoms with Crippen LogP contribution in [0.3, 0.4) is 0 Å². The average molecular weight is 298 g/mol. The number of alkyl halides is 3. The van der Waals surface area contributed by atoms with Crippen LogP contribution < -0.4 is 11.3 Å². The van der Waals surface area contributed by atoms with Gasteiger partial charge in [-0.2, -0.15) is 0 Å². The Labute approximate surface area is 118 Å². The summed E-state index contributed by atoms with van der Waals surface area (Å²) in [5.74, 6) is 5.23. The Morgan fingerprint density at radius 2 is 1.59 bits per heavy atom. The van der Waals surface area contributed by atoms with Crippen LogP contribution in [0.4, 0.5) is 0 Å². The Hall–Kier alpha value is 0.01000. The van der Waals surface area contributed by atoms with Crippen LogP contribution >= 0.6 is 34.8 Å². The smallest absolute Gasteiger partial charge is 0.180 e. The summed E-state index contributed by atoms with van der Waals surface area (Å²) in [5, 5.41) is 0. The molecule has 0 aromatic heterocycles. The maximum Gasteiger partial charge on any atom is 0.180 e. The van der Waals surface area contributed by atoms with Gasteiger partial charge in [0.1, 0.15) is 0 Å². The summed E-state index contributed by atoms with van der Waals surface area (Å²) in [6.07, 6.45) is 3.72. The van der Waals surface area contributed by atoms with Gasteiger partial charge in [0, 0.05) is 6.54 Å². The van der Waals surface area contributed by atoms with Gasteiger partial charge in [-0.15, -0.1) is 0 Å². The van der Waals surface area contributed by atoms with Crippen LogP contribution in [0.1, 0.15) is 30.9 Å². The number of halogens is 3. The molecule has 0 heterocycles. The first-order valence-electron chi connectivity index (χ1n) is 5.53. The molecule has 0 aliphatic rings. The van der Waals surface area contributed by atoms with Crippen molar-refractivity contribution in [3.05, 3.63) is 35.4 Å². The molecule has 3 N–H and O–H groups in total. The first-order chi connectivity index (χ1) is 8.10. The summed E-state index contributed by atoms with van der Waals surface area (Å²) in [5.41, 5.74) is 5.30. The molecular weight excluding hydrogens is 279 g/mol. The van der Waals surface area contributed by atoms with Crippen LogP contribution in [-0.2, 0) is 13.0 Å². The Morgan fingerprint density at radius 1 is 1.12 bits per heavy atom. The zero-order valence-corrected chi connectivity index (χ0v) is 12.2. The van der Waals surface area contributed by atoms with E-state index in [0.717, 1.165) is 6.54 Å². The van der Waals surface area contributed by atoms with Gasteiger partial charge in [0.05, 0.1) is 0 Å². The molecule has 0 bridgehead atoms. The highest BCUT2D eigenvalue weighted by Gasteiger charge is 1.93. The Kier molecular flexibility index (Phi) is 11.1. The third-order valence-electron chi connectivity index (χ3n) is 2.15. The largest absolute Gasteiger partial charge is 0.271 e. The summed E-state index contributed by atoms with van der Waals surface area (Å²) < 4.78 is -0.750. The van der Waals surface area contributed by atoms with Gasteiger partial charge in [0.2, 0.25) is 0 Å². The second-order valence-corrected chi connectivity index (χ2v) is 5.53. The number of rotatable bonds is 5. The highest BCUT2D eigenvalue weighted by Crippen LogP contribution is 2.07. The Morgan fingerprint density at radius 3 is 2.00 bits per heavy atom. The number of hydrogen-bond acceptors (Lipinski definition) is 2. The number of unbranched alkanes of at least 4 members (excludes halogenated alkanes) is 1. The molecular formula is C12H19Cl3N2. The third-order valence-corrected chi connectivity index (χ3v) is 2.15. The summed E-state index contributed by atoms with van der Waals surface area (Å²) in [7, 11) is 0. The molecule has 0 saturated heterocycles. The number of aryl methyl sites for hydroxylation is 1. The quantitative estimate of drug-likeness (QED) is 0.490. The second kappa shape index (κ2) is 11.1. The monoisotopic (exact) mass is 296 g/mol. The molecule has 0 aliphatic heterocycles. The fourth-order valence-corrected chi connectivity index (χ4v) is 1.32. The number of nitrogens with one attached hydrogen (secondary N) is 1. The van der Waals surface area contributed by atoms with Gasteiger partial charge in [-0.25, -0.2) is 0 Å². The standard InChI is InChI=1S/C11H18N2.CHCl3/c1-2-3-4-10-5-7-11(8-6-10)9-13-12;2-1(3)4/h5-8,13H,2-4,9,12H2,1H3;1H. The fourth-order valence-electron chi connectivity index (χ4n) is 1.32. The average Bonchev–Trinajstić information content (AvgIpc) is 2.28. The molecule has 1 aromatic rings. The van der Waals surface area contributed by atoms with E-state index in [9.17, 15) is 0 Å². The normalized spacial score (nSPS) is 10.0. The molecule has 0 spiro atoms. The minimum Gasteiger partial charge on any atom is -0.271 e. The summed E-state index contributed by atoms with van der Waals surface area (Å²) in [6, 6.07) is 8.63. The van der Waals surface area contributed by atoms with Crippen LogP contribution in [0.25, 0.3) is 0 Å².